The van der Waals surface area contributed by atoms with Gasteiger partial charge in [0.15, 0.2) is 0 Å². The number of nitrogens with two attached hydrogens (primary N) is 1. The molecule has 0 spiro atoms. The normalized spacial score (nSPS) is 12.7. The highest BCUT2D eigenvalue weighted by Crippen LogP contribution is 2.22. The molecule has 1 aromatic rings. The van der Waals surface area contributed by atoms with E-state index in [2.05, 4.69) is 4.72 Å². The Kier molecular flexibility index (Phi) is 6.31. The van der Waals surface area contributed by atoms with Gasteiger partial charge in [-0.3, -0.25) is 0 Å². The van der Waals surface area contributed by atoms with E-state index in [4.69, 9.17) is 28.9 Å². The van der Waals surface area contributed by atoms with Gasteiger partial charge in [0.2, 0.25) is 0 Å². The summed E-state index contributed by atoms with van der Waals surface area (Å²) in [4.78, 5) is 0.554. The summed E-state index contributed by atoms with van der Waals surface area (Å²) in [5.74, 6) is 0. The lowest BCUT2D eigenvalue weighted by molar-refractivity contribution is 0.661. The van der Waals surface area contributed by atoms with Crippen molar-refractivity contribution < 1.29 is 4.21 Å². The maximum atomic E-state index is 11.8. The van der Waals surface area contributed by atoms with Gasteiger partial charge in [-0.15, -0.1) is 0 Å². The zero-order chi connectivity index (χ0) is 12.0. The number of benzene rings is 1. The molecular weight excluding hydrogens is 267 g/mol. The van der Waals surface area contributed by atoms with Crippen LogP contribution < -0.4 is 10.5 Å². The molecule has 1 rings (SSSR count). The predicted molar refractivity (Wildman–Crippen MR) is 69.2 cm³/mol. The molecule has 1 atom stereocenters. The van der Waals surface area contributed by atoms with Crippen LogP contribution in [-0.4, -0.2) is 17.3 Å². The lowest BCUT2D eigenvalue weighted by Crippen LogP contribution is -2.19. The number of hydrogen-bond donors (Lipinski definition) is 2. The first-order valence-corrected chi connectivity index (χ1v) is 6.86. The van der Waals surface area contributed by atoms with E-state index in [0.717, 1.165) is 12.8 Å². The number of unbranched alkanes of at least 4 members (excludes halogenated alkanes) is 1. The molecule has 16 heavy (non-hydrogen) atoms. The maximum Gasteiger partial charge on any atom is 0.126 e. The summed E-state index contributed by atoms with van der Waals surface area (Å²) in [5, 5.41) is 0.950. The van der Waals surface area contributed by atoms with Crippen LogP contribution in [0, 0.1) is 0 Å². The van der Waals surface area contributed by atoms with E-state index in [1.807, 2.05) is 0 Å². The molecule has 1 unspecified atom stereocenters. The van der Waals surface area contributed by atoms with E-state index in [1.165, 1.54) is 0 Å². The second-order valence-corrected chi connectivity index (χ2v) is 5.34. The summed E-state index contributed by atoms with van der Waals surface area (Å²) in [6.45, 7) is 1.30. The van der Waals surface area contributed by atoms with Crippen LogP contribution in [0.1, 0.15) is 12.8 Å². The van der Waals surface area contributed by atoms with E-state index in [0.29, 0.717) is 28.0 Å². The molecule has 0 aliphatic heterocycles. The van der Waals surface area contributed by atoms with Crippen molar-refractivity contribution in [3.05, 3.63) is 28.2 Å². The second-order valence-electron chi connectivity index (χ2n) is 3.23. The zero-order valence-corrected chi connectivity index (χ0v) is 11.0. The fourth-order valence-corrected chi connectivity index (χ4v) is 2.67. The van der Waals surface area contributed by atoms with Gasteiger partial charge >= 0.3 is 0 Å². The molecule has 0 aliphatic rings. The Bertz CT molecular complexity index is 374. The summed E-state index contributed by atoms with van der Waals surface area (Å²) in [5.41, 5.74) is 5.36. The third-order valence-electron chi connectivity index (χ3n) is 1.96. The van der Waals surface area contributed by atoms with Gasteiger partial charge in [-0.1, -0.05) is 23.2 Å². The monoisotopic (exact) mass is 280 g/mol. The van der Waals surface area contributed by atoms with Crippen molar-refractivity contribution in [2.75, 3.05) is 13.1 Å². The molecule has 3 N–H and O–H groups in total. The molecular formula is C10H14Cl2N2OS. The van der Waals surface area contributed by atoms with Crippen molar-refractivity contribution >= 4 is 34.2 Å². The van der Waals surface area contributed by atoms with E-state index >= 15 is 0 Å². The van der Waals surface area contributed by atoms with Gasteiger partial charge in [-0.2, -0.15) is 0 Å². The Hall–Kier alpha value is -0.130. The number of rotatable bonds is 6. The number of nitrogens with one attached hydrogen (secondary N) is 1. The molecule has 0 amide bonds. The summed E-state index contributed by atoms with van der Waals surface area (Å²) in [6, 6.07) is 4.91. The minimum absolute atomic E-state index is 0.414. The summed E-state index contributed by atoms with van der Waals surface area (Å²) in [7, 11) is -1.29. The van der Waals surface area contributed by atoms with Crippen molar-refractivity contribution in [3.8, 4) is 0 Å². The first-order chi connectivity index (χ1) is 7.65. The average Bonchev–Trinajstić information content (AvgIpc) is 2.24. The number of halogens is 2. The van der Waals surface area contributed by atoms with Crippen LogP contribution in [0.25, 0.3) is 0 Å². The van der Waals surface area contributed by atoms with E-state index in [-0.39, 0.29) is 0 Å². The zero-order valence-electron chi connectivity index (χ0n) is 8.71. The molecule has 0 radical (unpaired) electrons. The van der Waals surface area contributed by atoms with Crippen LogP contribution in [0.4, 0.5) is 0 Å². The van der Waals surface area contributed by atoms with Gasteiger partial charge in [0.05, 0.1) is 9.92 Å². The van der Waals surface area contributed by atoms with Crippen molar-refractivity contribution in [3.63, 3.8) is 0 Å². The maximum absolute atomic E-state index is 11.8. The Labute approximate surface area is 108 Å². The lowest BCUT2D eigenvalue weighted by Gasteiger charge is -2.06. The van der Waals surface area contributed by atoms with Crippen LogP contribution in [0.15, 0.2) is 23.1 Å². The summed E-state index contributed by atoms with van der Waals surface area (Å²) < 4.78 is 14.7. The molecule has 1 aromatic carbocycles. The minimum Gasteiger partial charge on any atom is -0.330 e. The lowest BCUT2D eigenvalue weighted by atomic mass is 10.3. The fourth-order valence-electron chi connectivity index (χ4n) is 1.14. The van der Waals surface area contributed by atoms with Crippen LogP contribution in [0.2, 0.25) is 10.0 Å². The van der Waals surface area contributed by atoms with Gasteiger partial charge < -0.3 is 5.73 Å². The SMILES string of the molecule is NCCCCNS(=O)c1ccc(Cl)cc1Cl. The largest absolute Gasteiger partial charge is 0.330 e. The Morgan fingerprint density at radius 2 is 2.06 bits per heavy atom. The molecule has 0 aromatic heterocycles. The third-order valence-corrected chi connectivity index (χ3v) is 3.84. The third kappa shape index (κ3) is 4.39. The average molecular weight is 281 g/mol. The van der Waals surface area contributed by atoms with Gasteiger partial charge in [0, 0.05) is 11.6 Å². The van der Waals surface area contributed by atoms with Crippen LogP contribution in [0.5, 0.6) is 0 Å². The van der Waals surface area contributed by atoms with Crippen molar-refractivity contribution in [2.24, 2.45) is 5.73 Å². The Balaban J connectivity index is 2.53. The highest BCUT2D eigenvalue weighted by Gasteiger charge is 2.08. The molecule has 0 fully saturated rings. The topological polar surface area (TPSA) is 55.1 Å². The highest BCUT2D eigenvalue weighted by atomic mass is 35.5. The molecule has 0 aliphatic carbocycles. The Morgan fingerprint density at radius 1 is 1.31 bits per heavy atom. The number of hydrogen-bond acceptors (Lipinski definition) is 2. The first kappa shape index (κ1) is 13.9. The van der Waals surface area contributed by atoms with Gasteiger partial charge in [0.1, 0.15) is 11.0 Å². The molecule has 3 nitrogen and oxygen atoms in total. The summed E-state index contributed by atoms with van der Waals surface area (Å²) >= 11 is 11.7. The highest BCUT2D eigenvalue weighted by molar-refractivity contribution is 7.83. The summed E-state index contributed by atoms with van der Waals surface area (Å²) in [6.07, 6.45) is 1.81. The Morgan fingerprint density at radius 3 is 2.69 bits per heavy atom. The molecule has 0 saturated carbocycles. The molecule has 0 bridgehead atoms. The van der Waals surface area contributed by atoms with Gasteiger partial charge in [0.25, 0.3) is 0 Å². The van der Waals surface area contributed by atoms with Crippen molar-refractivity contribution in [2.45, 2.75) is 17.7 Å². The van der Waals surface area contributed by atoms with Crippen LogP contribution in [0.3, 0.4) is 0 Å². The predicted octanol–water partition coefficient (Wildman–Crippen LogP) is 2.34. The van der Waals surface area contributed by atoms with E-state index in [1.54, 1.807) is 18.2 Å². The van der Waals surface area contributed by atoms with Crippen molar-refractivity contribution in [1.29, 1.82) is 0 Å². The quantitative estimate of drug-likeness (QED) is 0.786. The smallest absolute Gasteiger partial charge is 0.126 e. The van der Waals surface area contributed by atoms with Gasteiger partial charge in [-0.25, -0.2) is 8.93 Å². The molecule has 90 valence electrons. The van der Waals surface area contributed by atoms with E-state index < -0.39 is 11.0 Å². The van der Waals surface area contributed by atoms with E-state index in [9.17, 15) is 4.21 Å². The molecule has 6 heteroatoms. The minimum atomic E-state index is -1.29. The van der Waals surface area contributed by atoms with Gasteiger partial charge in [-0.05, 0) is 37.6 Å². The van der Waals surface area contributed by atoms with Crippen LogP contribution in [-0.2, 0) is 11.0 Å². The standard InChI is InChI=1S/C10H14Cl2N2OS/c11-8-3-4-10(9(12)7-8)16(15)14-6-2-1-5-13/h3-4,7,14H,1-2,5-6,13H2. The molecule has 0 saturated heterocycles. The first-order valence-electron chi connectivity index (χ1n) is 4.95. The van der Waals surface area contributed by atoms with Crippen LogP contribution >= 0.6 is 23.2 Å². The fraction of sp³-hybridized carbons (Fsp3) is 0.400. The molecule has 0 heterocycles. The van der Waals surface area contributed by atoms with Crippen molar-refractivity contribution in [1.82, 2.24) is 4.72 Å². The second kappa shape index (κ2) is 7.25.